The molecule has 0 radical (unpaired) electrons. The van der Waals surface area contributed by atoms with Crippen molar-refractivity contribution in [3.05, 3.63) is 29.3 Å². The van der Waals surface area contributed by atoms with Crippen molar-refractivity contribution < 1.29 is 22.3 Å². The number of alkyl halides is 4. The molecule has 0 aliphatic heterocycles. The number of nitrogens with one attached hydrogen (secondary N) is 2. The summed E-state index contributed by atoms with van der Waals surface area (Å²) in [6.07, 6.45) is -4.04. The van der Waals surface area contributed by atoms with E-state index in [9.17, 15) is 17.6 Å². The number of aliphatic imine (C=N–C) groups is 1. The minimum atomic E-state index is -4.39. The normalized spacial score (nSPS) is 12.2. The van der Waals surface area contributed by atoms with E-state index in [1.165, 1.54) is 0 Å². The number of benzene rings is 1. The summed E-state index contributed by atoms with van der Waals surface area (Å²) in [5, 5.41) is 5.86. The number of aryl methyl sites for hydroxylation is 1. The molecule has 0 fully saturated rings. The Bertz CT molecular complexity index is 518. The summed E-state index contributed by atoms with van der Waals surface area (Å²) in [5.41, 5.74) is 1.38. The molecule has 0 aliphatic rings. The summed E-state index contributed by atoms with van der Waals surface area (Å²) in [7, 11) is 1.56. The van der Waals surface area contributed by atoms with Gasteiger partial charge in [0, 0.05) is 25.7 Å². The van der Waals surface area contributed by atoms with E-state index >= 15 is 0 Å². The molecule has 1 rings (SSSR count). The lowest BCUT2D eigenvalue weighted by Crippen LogP contribution is -2.37. The van der Waals surface area contributed by atoms with Gasteiger partial charge in [-0.3, -0.25) is 9.38 Å². The van der Waals surface area contributed by atoms with Crippen LogP contribution in [0.5, 0.6) is 5.75 Å². The van der Waals surface area contributed by atoms with Gasteiger partial charge in [0.1, 0.15) is 5.75 Å². The van der Waals surface area contributed by atoms with Crippen LogP contribution < -0.4 is 15.4 Å². The van der Waals surface area contributed by atoms with Gasteiger partial charge >= 0.3 is 6.18 Å². The van der Waals surface area contributed by atoms with Gasteiger partial charge in [-0.2, -0.15) is 13.2 Å². The fourth-order valence-electron chi connectivity index (χ4n) is 1.77. The molecule has 23 heavy (non-hydrogen) atoms. The molecule has 0 saturated heterocycles. The van der Waals surface area contributed by atoms with Crippen molar-refractivity contribution in [2.75, 3.05) is 26.9 Å². The third kappa shape index (κ3) is 7.71. The van der Waals surface area contributed by atoms with Gasteiger partial charge in [0.25, 0.3) is 0 Å². The first-order valence-electron chi connectivity index (χ1n) is 7.15. The molecule has 0 aromatic heterocycles. The van der Waals surface area contributed by atoms with Gasteiger partial charge in [-0.15, -0.1) is 0 Å². The van der Waals surface area contributed by atoms with E-state index in [2.05, 4.69) is 15.6 Å². The second-order valence-corrected chi connectivity index (χ2v) is 4.91. The number of nitrogens with zero attached hydrogens (tertiary/aromatic N) is 1. The Morgan fingerprint density at radius 1 is 1.26 bits per heavy atom. The van der Waals surface area contributed by atoms with Crippen LogP contribution in [0, 0.1) is 6.92 Å². The fraction of sp³-hybridized carbons (Fsp3) is 0.533. The Balaban J connectivity index is 2.68. The second kappa shape index (κ2) is 9.22. The Kier molecular flexibility index (Phi) is 7.64. The first-order valence-corrected chi connectivity index (χ1v) is 7.15. The molecule has 2 N–H and O–H groups in total. The van der Waals surface area contributed by atoms with E-state index in [0.29, 0.717) is 24.5 Å². The number of rotatable bonds is 7. The van der Waals surface area contributed by atoms with E-state index in [1.54, 1.807) is 32.2 Å². The maximum atomic E-state index is 12.3. The van der Waals surface area contributed by atoms with Crippen molar-refractivity contribution in [2.24, 2.45) is 4.99 Å². The molecule has 4 nitrogen and oxygen atoms in total. The monoisotopic (exact) mass is 335 g/mol. The summed E-state index contributed by atoms with van der Waals surface area (Å²) < 4.78 is 53.9. The third-order valence-corrected chi connectivity index (χ3v) is 2.89. The molecular formula is C15H21F4N3O. The van der Waals surface area contributed by atoms with Crippen LogP contribution in [-0.4, -0.2) is 39.0 Å². The minimum Gasteiger partial charge on any atom is -0.484 e. The van der Waals surface area contributed by atoms with Gasteiger partial charge in [-0.25, -0.2) is 0 Å². The Morgan fingerprint density at radius 3 is 2.61 bits per heavy atom. The van der Waals surface area contributed by atoms with E-state index in [4.69, 9.17) is 4.74 Å². The molecule has 0 saturated carbocycles. The van der Waals surface area contributed by atoms with Crippen molar-refractivity contribution >= 4 is 5.96 Å². The van der Waals surface area contributed by atoms with E-state index in [-0.39, 0.29) is 12.3 Å². The van der Waals surface area contributed by atoms with Crippen LogP contribution in [0.1, 0.15) is 17.5 Å². The summed E-state index contributed by atoms with van der Waals surface area (Å²) in [5.74, 6) is 0.620. The Hall–Kier alpha value is -1.99. The van der Waals surface area contributed by atoms with Gasteiger partial charge in [0.05, 0.1) is 6.67 Å². The fourth-order valence-corrected chi connectivity index (χ4v) is 1.77. The molecule has 0 spiro atoms. The van der Waals surface area contributed by atoms with Crippen LogP contribution in [0.2, 0.25) is 0 Å². The highest BCUT2D eigenvalue weighted by atomic mass is 19.4. The maximum absolute atomic E-state index is 12.3. The zero-order valence-electron chi connectivity index (χ0n) is 13.1. The zero-order chi connectivity index (χ0) is 17.3. The van der Waals surface area contributed by atoms with Crippen LogP contribution in [0.25, 0.3) is 0 Å². The Morgan fingerprint density at radius 2 is 2.00 bits per heavy atom. The molecule has 130 valence electrons. The molecule has 0 bridgehead atoms. The smallest absolute Gasteiger partial charge is 0.422 e. The molecule has 0 amide bonds. The van der Waals surface area contributed by atoms with Gasteiger partial charge in [0.15, 0.2) is 12.6 Å². The number of ether oxygens (including phenoxy) is 1. The van der Waals surface area contributed by atoms with Crippen molar-refractivity contribution in [3.63, 3.8) is 0 Å². The molecule has 0 atom stereocenters. The molecule has 8 heteroatoms. The predicted octanol–water partition coefficient (Wildman–Crippen LogP) is 2.96. The molecule has 0 heterocycles. The molecule has 0 aliphatic carbocycles. The highest BCUT2D eigenvalue weighted by molar-refractivity contribution is 5.79. The van der Waals surface area contributed by atoms with E-state index in [1.807, 2.05) is 0 Å². The largest absolute Gasteiger partial charge is 0.484 e. The minimum absolute atomic E-state index is 0.175. The zero-order valence-corrected chi connectivity index (χ0v) is 13.1. The summed E-state index contributed by atoms with van der Waals surface area (Å²) >= 11 is 0. The molecule has 0 unspecified atom stereocenters. The van der Waals surface area contributed by atoms with E-state index < -0.39 is 19.5 Å². The third-order valence-electron chi connectivity index (χ3n) is 2.89. The number of halogens is 4. The average molecular weight is 335 g/mol. The van der Waals surface area contributed by atoms with Gasteiger partial charge in [0.2, 0.25) is 0 Å². The highest BCUT2D eigenvalue weighted by Crippen LogP contribution is 2.23. The molecule has 1 aromatic rings. The van der Waals surface area contributed by atoms with Crippen molar-refractivity contribution in [1.29, 1.82) is 0 Å². The lowest BCUT2D eigenvalue weighted by atomic mass is 10.1. The maximum Gasteiger partial charge on any atom is 0.422 e. The predicted molar refractivity (Wildman–Crippen MR) is 81.5 cm³/mol. The van der Waals surface area contributed by atoms with Crippen LogP contribution in [0.15, 0.2) is 23.2 Å². The lowest BCUT2D eigenvalue weighted by molar-refractivity contribution is -0.153. The van der Waals surface area contributed by atoms with Crippen molar-refractivity contribution in [1.82, 2.24) is 10.6 Å². The van der Waals surface area contributed by atoms with E-state index in [0.717, 1.165) is 5.56 Å². The number of hydrogen-bond acceptors (Lipinski definition) is 2. The average Bonchev–Trinajstić information content (AvgIpc) is 2.49. The summed E-state index contributed by atoms with van der Waals surface area (Å²) in [6, 6.07) is 5.04. The van der Waals surface area contributed by atoms with Crippen molar-refractivity contribution in [2.45, 2.75) is 26.1 Å². The van der Waals surface area contributed by atoms with Crippen molar-refractivity contribution in [3.8, 4) is 5.75 Å². The second-order valence-electron chi connectivity index (χ2n) is 4.91. The molecule has 1 aromatic carbocycles. The first-order chi connectivity index (χ1) is 10.9. The van der Waals surface area contributed by atoms with Crippen LogP contribution in [-0.2, 0) is 6.54 Å². The summed E-state index contributed by atoms with van der Waals surface area (Å²) in [6.45, 7) is 0.656. The van der Waals surface area contributed by atoms with Gasteiger partial charge in [-0.1, -0.05) is 12.1 Å². The van der Waals surface area contributed by atoms with Gasteiger partial charge < -0.3 is 15.4 Å². The quantitative estimate of drug-likeness (QED) is 0.349. The highest BCUT2D eigenvalue weighted by Gasteiger charge is 2.28. The Labute approximate surface area is 132 Å². The summed E-state index contributed by atoms with van der Waals surface area (Å²) in [4.78, 5) is 3.96. The number of guanidine groups is 1. The lowest BCUT2D eigenvalue weighted by Gasteiger charge is -2.16. The van der Waals surface area contributed by atoms with Gasteiger partial charge in [-0.05, 0) is 25.0 Å². The van der Waals surface area contributed by atoms with Crippen LogP contribution in [0.4, 0.5) is 17.6 Å². The standard InChI is InChI=1S/C15H21F4N3O/c1-11-4-5-12(13(8-11)23-10-15(17,18)19)9-22-14(20-2)21-7-3-6-16/h4-5,8H,3,6-7,9-10H2,1-2H3,(H2,20,21,22). The van der Waals surface area contributed by atoms with Crippen LogP contribution >= 0.6 is 0 Å². The van der Waals surface area contributed by atoms with Crippen LogP contribution in [0.3, 0.4) is 0 Å². The molecular weight excluding hydrogens is 314 g/mol. The number of hydrogen-bond donors (Lipinski definition) is 2. The first kappa shape index (κ1) is 19.1. The topological polar surface area (TPSA) is 45.7 Å². The SMILES string of the molecule is CN=C(NCCCF)NCc1ccc(C)cc1OCC(F)(F)F.